The first kappa shape index (κ1) is 27.4. The summed E-state index contributed by atoms with van der Waals surface area (Å²) in [5.74, 6) is -1.85. The minimum atomic E-state index is -1.10. The molecule has 10 nitrogen and oxygen atoms in total. The van der Waals surface area contributed by atoms with Crippen LogP contribution in [0.2, 0.25) is 0 Å². The number of carbonyl (C=O) groups is 2. The maximum Gasteiger partial charge on any atom is 0.331 e. The van der Waals surface area contributed by atoms with Crippen molar-refractivity contribution in [3.63, 3.8) is 0 Å². The van der Waals surface area contributed by atoms with E-state index in [-0.39, 0.29) is 24.0 Å². The number of nitrogens with zero attached hydrogens (tertiary/aromatic N) is 1. The van der Waals surface area contributed by atoms with Crippen LogP contribution in [0.4, 0.5) is 0 Å². The van der Waals surface area contributed by atoms with Gasteiger partial charge in [0.25, 0.3) is 5.91 Å². The summed E-state index contributed by atoms with van der Waals surface area (Å²) in [7, 11) is 2.99. The summed E-state index contributed by atoms with van der Waals surface area (Å²) in [4.78, 5) is 29.7. The van der Waals surface area contributed by atoms with E-state index in [4.69, 9.17) is 23.7 Å². The summed E-state index contributed by atoms with van der Waals surface area (Å²) in [6, 6.07) is 10.3. The van der Waals surface area contributed by atoms with Gasteiger partial charge in [0.05, 0.1) is 26.4 Å². The fourth-order valence-corrected chi connectivity index (χ4v) is 4.10. The lowest BCUT2D eigenvalue weighted by Gasteiger charge is -2.31. The SMILES string of the molecule is COCCCOC1C(Cc2ccccc2)COCC(NC(=O)c2nccc(OC)c2O)C(=O)OC1C. The van der Waals surface area contributed by atoms with Gasteiger partial charge in [0.1, 0.15) is 6.10 Å². The van der Waals surface area contributed by atoms with Crippen LogP contribution in [-0.2, 0) is 30.2 Å². The molecule has 2 heterocycles. The molecule has 4 unspecified atom stereocenters. The average molecular weight is 503 g/mol. The summed E-state index contributed by atoms with van der Waals surface area (Å²) in [5, 5.41) is 12.8. The smallest absolute Gasteiger partial charge is 0.331 e. The van der Waals surface area contributed by atoms with Crippen molar-refractivity contribution in [3.8, 4) is 11.5 Å². The summed E-state index contributed by atoms with van der Waals surface area (Å²) in [6.45, 7) is 2.95. The molecule has 10 heteroatoms. The van der Waals surface area contributed by atoms with Gasteiger partial charge in [0.15, 0.2) is 23.2 Å². The molecule has 1 aromatic carbocycles. The van der Waals surface area contributed by atoms with E-state index in [2.05, 4.69) is 10.3 Å². The number of carbonyl (C=O) groups excluding carboxylic acids is 2. The topological polar surface area (TPSA) is 125 Å². The number of methoxy groups -OCH3 is 2. The van der Waals surface area contributed by atoms with Gasteiger partial charge in [0, 0.05) is 38.5 Å². The van der Waals surface area contributed by atoms with E-state index in [0.29, 0.717) is 32.7 Å². The highest BCUT2D eigenvalue weighted by Gasteiger charge is 2.36. The molecule has 1 saturated heterocycles. The van der Waals surface area contributed by atoms with Gasteiger partial charge in [-0.1, -0.05) is 30.3 Å². The number of benzene rings is 1. The highest BCUT2D eigenvalue weighted by atomic mass is 16.6. The third kappa shape index (κ3) is 7.39. The maximum absolute atomic E-state index is 13.0. The van der Waals surface area contributed by atoms with Crippen LogP contribution in [0, 0.1) is 5.92 Å². The van der Waals surface area contributed by atoms with Crippen LogP contribution in [0.25, 0.3) is 0 Å². The van der Waals surface area contributed by atoms with E-state index in [9.17, 15) is 14.7 Å². The van der Waals surface area contributed by atoms with E-state index in [1.165, 1.54) is 19.4 Å². The molecular weight excluding hydrogens is 468 g/mol. The standard InChI is InChI=1S/C26H34N2O8/c1-17-24(35-13-7-12-32-2)19(14-18-8-5-4-6-9-18)15-34-16-20(26(31)36-17)28-25(30)22-23(29)21(33-3)10-11-27-22/h4-6,8-11,17,19-20,24,29H,7,12-16H2,1-3H3,(H,28,30). The number of aromatic hydroxyl groups is 1. The molecule has 1 aliphatic heterocycles. The van der Waals surface area contributed by atoms with Gasteiger partial charge >= 0.3 is 5.97 Å². The van der Waals surface area contributed by atoms with Crippen LogP contribution in [0.3, 0.4) is 0 Å². The molecular formula is C26H34N2O8. The number of amides is 1. The third-order valence-corrected chi connectivity index (χ3v) is 5.90. The fourth-order valence-electron chi connectivity index (χ4n) is 4.10. The highest BCUT2D eigenvalue weighted by Crippen LogP contribution is 2.28. The van der Waals surface area contributed by atoms with Crippen LogP contribution in [0.5, 0.6) is 11.5 Å². The van der Waals surface area contributed by atoms with Gasteiger partial charge in [0.2, 0.25) is 0 Å². The monoisotopic (exact) mass is 502 g/mol. The molecule has 0 bridgehead atoms. The van der Waals surface area contributed by atoms with Crippen LogP contribution < -0.4 is 10.1 Å². The van der Waals surface area contributed by atoms with Crippen molar-refractivity contribution >= 4 is 11.9 Å². The Morgan fingerprint density at radius 1 is 1.17 bits per heavy atom. The van der Waals surface area contributed by atoms with Gasteiger partial charge in [-0.05, 0) is 25.3 Å². The maximum atomic E-state index is 13.0. The molecule has 1 fully saturated rings. The summed E-state index contributed by atoms with van der Waals surface area (Å²) >= 11 is 0. The number of cyclic esters (lactones) is 1. The lowest BCUT2D eigenvalue weighted by atomic mass is 9.91. The van der Waals surface area contributed by atoms with Crippen molar-refractivity contribution in [2.75, 3.05) is 40.6 Å². The second kappa shape index (κ2) is 13.8. The Hall–Kier alpha value is -3.21. The van der Waals surface area contributed by atoms with Crippen molar-refractivity contribution in [1.29, 1.82) is 0 Å². The third-order valence-electron chi connectivity index (χ3n) is 5.90. The van der Waals surface area contributed by atoms with E-state index >= 15 is 0 Å². The number of rotatable bonds is 10. The van der Waals surface area contributed by atoms with Gasteiger partial charge in [-0.15, -0.1) is 0 Å². The Morgan fingerprint density at radius 3 is 2.67 bits per heavy atom. The number of hydrogen-bond acceptors (Lipinski definition) is 9. The predicted octanol–water partition coefficient (Wildman–Crippen LogP) is 2.14. The molecule has 0 aliphatic carbocycles. The molecule has 2 N–H and O–H groups in total. The number of nitrogens with one attached hydrogen (secondary N) is 1. The first-order chi connectivity index (χ1) is 17.4. The van der Waals surface area contributed by atoms with Gasteiger partial charge < -0.3 is 34.1 Å². The minimum Gasteiger partial charge on any atom is -0.503 e. The summed E-state index contributed by atoms with van der Waals surface area (Å²) in [6.07, 6.45) is 1.66. The number of ether oxygens (including phenoxy) is 5. The zero-order valence-corrected chi connectivity index (χ0v) is 20.8. The largest absolute Gasteiger partial charge is 0.503 e. The number of pyridine rings is 1. The predicted molar refractivity (Wildman–Crippen MR) is 130 cm³/mol. The number of esters is 1. The van der Waals surface area contributed by atoms with E-state index in [1.807, 2.05) is 30.3 Å². The van der Waals surface area contributed by atoms with Crippen molar-refractivity contribution in [3.05, 3.63) is 53.9 Å². The molecule has 1 aliphatic rings. The average Bonchev–Trinajstić information content (AvgIpc) is 2.92. The van der Waals surface area contributed by atoms with E-state index in [0.717, 1.165) is 5.56 Å². The second-order valence-electron chi connectivity index (χ2n) is 8.55. The van der Waals surface area contributed by atoms with Crippen molar-refractivity contribution < 1.29 is 38.4 Å². The molecule has 4 atom stereocenters. The normalized spacial score (nSPS) is 22.6. The van der Waals surface area contributed by atoms with Crippen molar-refractivity contribution in [1.82, 2.24) is 10.3 Å². The van der Waals surface area contributed by atoms with Gasteiger partial charge in [-0.25, -0.2) is 9.78 Å². The van der Waals surface area contributed by atoms with Crippen LogP contribution in [0.15, 0.2) is 42.6 Å². The Morgan fingerprint density at radius 2 is 1.94 bits per heavy atom. The fraction of sp³-hybridized carbons (Fsp3) is 0.500. The Kier molecular flexibility index (Phi) is 10.5. The van der Waals surface area contributed by atoms with Crippen molar-refractivity contribution in [2.45, 2.75) is 38.0 Å². The Bertz CT molecular complexity index is 987. The number of aromatic nitrogens is 1. The van der Waals surface area contributed by atoms with Crippen LogP contribution in [0.1, 0.15) is 29.4 Å². The summed E-state index contributed by atoms with van der Waals surface area (Å²) < 4.78 is 28.0. The highest BCUT2D eigenvalue weighted by molar-refractivity contribution is 5.98. The van der Waals surface area contributed by atoms with E-state index in [1.54, 1.807) is 14.0 Å². The lowest BCUT2D eigenvalue weighted by Crippen LogP contribution is -2.46. The zero-order chi connectivity index (χ0) is 25.9. The molecule has 3 rings (SSSR count). The van der Waals surface area contributed by atoms with Crippen molar-refractivity contribution in [2.24, 2.45) is 5.92 Å². The summed E-state index contributed by atoms with van der Waals surface area (Å²) in [5.41, 5.74) is 0.843. The lowest BCUT2D eigenvalue weighted by molar-refractivity contribution is -0.160. The Balaban J connectivity index is 1.75. The molecule has 1 aromatic heterocycles. The van der Waals surface area contributed by atoms with Crippen LogP contribution in [-0.4, -0.2) is 80.9 Å². The Labute approximate surface area is 210 Å². The number of hydrogen-bond donors (Lipinski definition) is 2. The molecule has 196 valence electrons. The molecule has 0 spiro atoms. The first-order valence-corrected chi connectivity index (χ1v) is 11.9. The quantitative estimate of drug-likeness (QED) is 0.371. The first-order valence-electron chi connectivity index (χ1n) is 11.9. The molecule has 0 radical (unpaired) electrons. The molecule has 0 saturated carbocycles. The van der Waals surface area contributed by atoms with Gasteiger partial charge in [-0.2, -0.15) is 0 Å². The molecule has 1 amide bonds. The molecule has 36 heavy (non-hydrogen) atoms. The minimum absolute atomic E-state index is 0.0919. The van der Waals surface area contributed by atoms with Gasteiger partial charge in [-0.3, -0.25) is 4.79 Å². The zero-order valence-electron chi connectivity index (χ0n) is 20.8. The van der Waals surface area contributed by atoms with Crippen LogP contribution >= 0.6 is 0 Å². The second-order valence-corrected chi connectivity index (χ2v) is 8.55. The molecule has 2 aromatic rings. The van der Waals surface area contributed by atoms with E-state index < -0.39 is 35.9 Å².